The van der Waals surface area contributed by atoms with Crippen LogP contribution in [0.15, 0.2) is 42.5 Å². The summed E-state index contributed by atoms with van der Waals surface area (Å²) < 4.78 is 33.4. The molecule has 0 aliphatic rings. The Morgan fingerprint density at radius 1 is 1.04 bits per heavy atom. The van der Waals surface area contributed by atoms with E-state index >= 15 is 0 Å². The predicted molar refractivity (Wildman–Crippen MR) is 116 cm³/mol. The number of nitrogens with one attached hydrogen (secondary N) is 1. The Bertz CT molecular complexity index is 872. The van der Waals surface area contributed by atoms with Gasteiger partial charge in [0.05, 0.1) is 15.8 Å². The summed E-state index contributed by atoms with van der Waals surface area (Å²) >= 11 is 11.8. The first-order valence-corrected chi connectivity index (χ1v) is 11.6. The van der Waals surface area contributed by atoms with Gasteiger partial charge in [-0.15, -0.1) is 0 Å². The van der Waals surface area contributed by atoms with E-state index in [1.54, 1.807) is 18.2 Å². The second-order valence-electron chi connectivity index (χ2n) is 6.31. The molecule has 0 unspecified atom stereocenters. The van der Waals surface area contributed by atoms with Gasteiger partial charge in [-0.3, -0.25) is 0 Å². The number of rotatable bonds is 11. The van der Waals surface area contributed by atoms with Crippen molar-refractivity contribution in [1.82, 2.24) is 9.62 Å². The van der Waals surface area contributed by atoms with Gasteiger partial charge >= 0.3 is 0 Å². The number of hydrogen-bond acceptors (Lipinski definition) is 4. The van der Waals surface area contributed by atoms with Crippen LogP contribution < -0.4 is 9.46 Å². The molecule has 1 N–H and O–H groups in total. The molecule has 0 aliphatic carbocycles. The van der Waals surface area contributed by atoms with E-state index in [0.29, 0.717) is 28.0 Å². The van der Waals surface area contributed by atoms with Crippen molar-refractivity contribution in [2.45, 2.75) is 26.1 Å². The minimum absolute atomic E-state index is 0.158. The predicted octanol–water partition coefficient (Wildman–Crippen LogP) is 4.33. The molecular formula is C20H26Cl2N2O3S. The number of sulfonamides is 1. The summed E-state index contributed by atoms with van der Waals surface area (Å²) in [6.07, 6.45) is 0. The first kappa shape index (κ1) is 23.0. The largest absolute Gasteiger partial charge is 0.492 e. The van der Waals surface area contributed by atoms with Crippen LogP contribution in [0.4, 0.5) is 0 Å². The van der Waals surface area contributed by atoms with Crippen LogP contribution >= 0.6 is 23.2 Å². The van der Waals surface area contributed by atoms with Crippen LogP contribution in [0, 0.1) is 0 Å². The number of hydrogen-bond donors (Lipinski definition) is 1. The monoisotopic (exact) mass is 444 g/mol. The van der Waals surface area contributed by atoms with Gasteiger partial charge in [-0.2, -0.15) is 0 Å². The smallest absolute Gasteiger partial charge is 0.216 e. The normalized spacial score (nSPS) is 11.8. The van der Waals surface area contributed by atoms with Gasteiger partial charge in [0.15, 0.2) is 0 Å². The van der Waals surface area contributed by atoms with Crippen LogP contribution in [0.1, 0.15) is 25.0 Å². The molecule has 0 bridgehead atoms. The van der Waals surface area contributed by atoms with Crippen molar-refractivity contribution in [2.75, 3.05) is 26.2 Å². The molecule has 0 spiro atoms. The number of para-hydroxylation sites is 1. The molecule has 0 atom stereocenters. The summed E-state index contributed by atoms with van der Waals surface area (Å²) in [5.74, 6) is 0.515. The van der Waals surface area contributed by atoms with E-state index < -0.39 is 10.0 Å². The molecule has 28 heavy (non-hydrogen) atoms. The summed E-state index contributed by atoms with van der Waals surface area (Å²) in [6, 6.07) is 12.2. The van der Waals surface area contributed by atoms with Gasteiger partial charge in [-0.1, -0.05) is 61.3 Å². The zero-order valence-corrected chi connectivity index (χ0v) is 18.4. The summed E-state index contributed by atoms with van der Waals surface area (Å²) in [6.45, 7) is 7.69. The number of nitrogens with zero attached hydrogens (tertiary/aromatic N) is 1. The van der Waals surface area contributed by atoms with Crippen LogP contribution in [0.5, 0.6) is 5.75 Å². The van der Waals surface area contributed by atoms with E-state index in [1.807, 2.05) is 24.3 Å². The molecule has 0 fully saturated rings. The van der Waals surface area contributed by atoms with Gasteiger partial charge in [0.2, 0.25) is 10.0 Å². The Labute approximate surface area is 177 Å². The molecule has 0 saturated carbocycles. The lowest BCUT2D eigenvalue weighted by atomic mass is 10.2. The molecule has 0 aromatic heterocycles. The highest BCUT2D eigenvalue weighted by Gasteiger charge is 2.14. The van der Waals surface area contributed by atoms with Crippen LogP contribution in [0.2, 0.25) is 10.0 Å². The van der Waals surface area contributed by atoms with Gasteiger partial charge in [0, 0.05) is 18.7 Å². The standard InChI is InChI=1S/C20H26Cl2N2O3S/c1-3-24(4-2)11-12-27-20-8-6-5-7-17(20)14-23-28(25,26)15-16-9-10-18(21)19(22)13-16/h5-10,13,23H,3-4,11-12,14-15H2,1-2H3. The van der Waals surface area contributed by atoms with Crippen molar-refractivity contribution < 1.29 is 13.2 Å². The third-order valence-corrected chi connectivity index (χ3v) is 6.39. The fourth-order valence-electron chi connectivity index (χ4n) is 2.70. The van der Waals surface area contributed by atoms with Gasteiger partial charge in [0.25, 0.3) is 0 Å². The Balaban J connectivity index is 1.96. The van der Waals surface area contributed by atoms with Crippen molar-refractivity contribution in [3.8, 4) is 5.75 Å². The Hall–Kier alpha value is -1.31. The van der Waals surface area contributed by atoms with E-state index in [2.05, 4.69) is 23.5 Å². The topological polar surface area (TPSA) is 58.6 Å². The van der Waals surface area contributed by atoms with E-state index in [-0.39, 0.29) is 12.3 Å². The van der Waals surface area contributed by atoms with Crippen molar-refractivity contribution in [1.29, 1.82) is 0 Å². The lowest BCUT2D eigenvalue weighted by molar-refractivity contribution is 0.221. The summed E-state index contributed by atoms with van der Waals surface area (Å²) in [5, 5.41) is 0.730. The number of halogens is 2. The van der Waals surface area contributed by atoms with Gasteiger partial charge in [0.1, 0.15) is 12.4 Å². The summed E-state index contributed by atoms with van der Waals surface area (Å²) in [5.41, 5.74) is 1.37. The maximum absolute atomic E-state index is 12.4. The van der Waals surface area contributed by atoms with Crippen molar-refractivity contribution in [3.63, 3.8) is 0 Å². The Morgan fingerprint density at radius 2 is 1.75 bits per heavy atom. The summed E-state index contributed by atoms with van der Waals surface area (Å²) in [7, 11) is -3.54. The molecule has 0 heterocycles. The van der Waals surface area contributed by atoms with Gasteiger partial charge < -0.3 is 9.64 Å². The third-order valence-electron chi connectivity index (χ3n) is 4.36. The lowest BCUT2D eigenvalue weighted by Gasteiger charge is -2.19. The number of likely N-dealkylation sites (N-methyl/N-ethyl adjacent to an activating group) is 1. The first-order valence-electron chi connectivity index (χ1n) is 9.19. The third kappa shape index (κ3) is 7.26. The van der Waals surface area contributed by atoms with Crippen LogP contribution in [-0.2, 0) is 22.3 Å². The maximum Gasteiger partial charge on any atom is 0.216 e. The highest BCUT2D eigenvalue weighted by Crippen LogP contribution is 2.23. The van der Waals surface area contributed by atoms with E-state index in [9.17, 15) is 8.42 Å². The Morgan fingerprint density at radius 3 is 2.43 bits per heavy atom. The van der Waals surface area contributed by atoms with Crippen LogP contribution in [-0.4, -0.2) is 39.6 Å². The minimum Gasteiger partial charge on any atom is -0.492 e. The number of benzene rings is 2. The second kappa shape index (κ2) is 11.0. The van der Waals surface area contributed by atoms with Crippen molar-refractivity contribution in [3.05, 3.63) is 63.6 Å². The summed E-state index contributed by atoms with van der Waals surface area (Å²) in [4.78, 5) is 2.27. The van der Waals surface area contributed by atoms with Gasteiger partial charge in [-0.25, -0.2) is 13.1 Å². The highest BCUT2D eigenvalue weighted by molar-refractivity contribution is 7.88. The zero-order valence-electron chi connectivity index (χ0n) is 16.1. The molecule has 5 nitrogen and oxygen atoms in total. The Kier molecular flexibility index (Phi) is 9.05. The zero-order chi connectivity index (χ0) is 20.6. The average Bonchev–Trinajstić information content (AvgIpc) is 2.67. The molecule has 0 amide bonds. The fourth-order valence-corrected chi connectivity index (χ4v) is 4.12. The fraction of sp³-hybridized carbons (Fsp3) is 0.400. The second-order valence-corrected chi connectivity index (χ2v) is 8.93. The molecular weight excluding hydrogens is 419 g/mol. The molecule has 154 valence electrons. The average molecular weight is 445 g/mol. The molecule has 8 heteroatoms. The van der Waals surface area contributed by atoms with Crippen LogP contribution in [0.3, 0.4) is 0 Å². The lowest BCUT2D eigenvalue weighted by Crippen LogP contribution is -2.28. The number of ether oxygens (including phenoxy) is 1. The molecule has 2 aromatic rings. The SMILES string of the molecule is CCN(CC)CCOc1ccccc1CNS(=O)(=O)Cc1ccc(Cl)c(Cl)c1. The molecule has 2 aromatic carbocycles. The highest BCUT2D eigenvalue weighted by atomic mass is 35.5. The molecule has 0 saturated heterocycles. The molecule has 2 rings (SSSR count). The van der Waals surface area contributed by atoms with E-state index in [4.69, 9.17) is 27.9 Å². The van der Waals surface area contributed by atoms with Crippen molar-refractivity contribution >= 4 is 33.2 Å². The van der Waals surface area contributed by atoms with E-state index in [1.165, 1.54) is 0 Å². The first-order chi connectivity index (χ1) is 13.3. The van der Waals surface area contributed by atoms with Crippen LogP contribution in [0.25, 0.3) is 0 Å². The molecule has 0 radical (unpaired) electrons. The molecule has 0 aliphatic heterocycles. The quantitative estimate of drug-likeness (QED) is 0.559. The van der Waals surface area contributed by atoms with Gasteiger partial charge in [-0.05, 0) is 36.9 Å². The van der Waals surface area contributed by atoms with Crippen molar-refractivity contribution in [2.24, 2.45) is 0 Å². The minimum atomic E-state index is -3.54. The maximum atomic E-state index is 12.4. The van der Waals surface area contributed by atoms with E-state index in [0.717, 1.165) is 25.2 Å².